The van der Waals surface area contributed by atoms with Gasteiger partial charge in [-0.3, -0.25) is 0 Å². The monoisotopic (exact) mass is 307 g/mol. The van der Waals surface area contributed by atoms with Gasteiger partial charge in [0.05, 0.1) is 12.1 Å². The summed E-state index contributed by atoms with van der Waals surface area (Å²) in [6.07, 6.45) is 2.38. The molecule has 0 aromatic heterocycles. The number of benzene rings is 2. The molecule has 21 heavy (non-hydrogen) atoms. The van der Waals surface area contributed by atoms with Crippen LogP contribution in [0.25, 0.3) is 0 Å². The van der Waals surface area contributed by atoms with Crippen LogP contribution >= 0.6 is 11.6 Å². The zero-order chi connectivity index (χ0) is 15.2. The second-order valence-electron chi connectivity index (χ2n) is 5.10. The molecule has 2 N–H and O–H groups in total. The largest absolute Gasteiger partial charge is 0.497 e. The van der Waals surface area contributed by atoms with Crippen LogP contribution < -0.4 is 10.5 Å². The van der Waals surface area contributed by atoms with Gasteiger partial charge in [-0.15, -0.1) is 0 Å². The van der Waals surface area contributed by atoms with Crippen LogP contribution in [0.1, 0.15) is 17.5 Å². The van der Waals surface area contributed by atoms with Gasteiger partial charge in [-0.2, -0.15) is 0 Å². The molecule has 0 amide bonds. The Kier molecular flexibility index (Phi) is 5.59. The molecule has 1 atom stereocenters. The fourth-order valence-electron chi connectivity index (χ4n) is 2.22. The van der Waals surface area contributed by atoms with Crippen molar-refractivity contribution >= 4 is 11.6 Å². The van der Waals surface area contributed by atoms with Crippen molar-refractivity contribution in [3.63, 3.8) is 0 Å². The predicted octanol–water partition coefficient (Wildman–Crippen LogP) is 3.99. The third-order valence-electron chi connectivity index (χ3n) is 3.44. The Morgan fingerprint density at radius 3 is 2.43 bits per heavy atom. The molecule has 0 aliphatic rings. The molecule has 112 valence electrons. The molecule has 0 saturated carbocycles. The zero-order valence-corrected chi connectivity index (χ0v) is 12.7. The van der Waals surface area contributed by atoms with Crippen LogP contribution in [-0.2, 0) is 12.8 Å². The van der Waals surface area contributed by atoms with E-state index in [1.165, 1.54) is 11.6 Å². The third kappa shape index (κ3) is 4.73. The van der Waals surface area contributed by atoms with Gasteiger partial charge >= 0.3 is 0 Å². The van der Waals surface area contributed by atoms with E-state index in [1.54, 1.807) is 13.2 Å². The highest BCUT2D eigenvalue weighted by atomic mass is 35.5. The molecular weight excluding hydrogens is 289 g/mol. The number of hydrogen-bond donors (Lipinski definition) is 1. The van der Waals surface area contributed by atoms with E-state index in [0.29, 0.717) is 6.42 Å². The number of nitrogens with two attached hydrogens (primary N) is 1. The number of hydrogen-bond acceptors (Lipinski definition) is 2. The molecule has 2 aromatic carbocycles. The maximum absolute atomic E-state index is 13.4. The maximum atomic E-state index is 13.4. The van der Waals surface area contributed by atoms with Crippen molar-refractivity contribution in [2.45, 2.75) is 25.3 Å². The van der Waals surface area contributed by atoms with Gasteiger partial charge in [0.25, 0.3) is 0 Å². The lowest BCUT2D eigenvalue weighted by Crippen LogP contribution is -2.23. The second-order valence-corrected chi connectivity index (χ2v) is 5.51. The summed E-state index contributed by atoms with van der Waals surface area (Å²) in [6.45, 7) is 0. The first-order chi connectivity index (χ1) is 10.1. The minimum atomic E-state index is -0.392. The normalized spacial score (nSPS) is 12.2. The van der Waals surface area contributed by atoms with E-state index in [1.807, 2.05) is 30.3 Å². The van der Waals surface area contributed by atoms with E-state index in [-0.39, 0.29) is 11.1 Å². The van der Waals surface area contributed by atoms with Crippen LogP contribution in [0.15, 0.2) is 42.5 Å². The summed E-state index contributed by atoms with van der Waals surface area (Å²) in [5.74, 6) is 0.455. The van der Waals surface area contributed by atoms with Crippen molar-refractivity contribution in [1.82, 2.24) is 0 Å². The highest BCUT2D eigenvalue weighted by Crippen LogP contribution is 2.18. The van der Waals surface area contributed by atoms with Crippen molar-refractivity contribution in [3.05, 3.63) is 64.4 Å². The van der Waals surface area contributed by atoms with Crippen molar-refractivity contribution < 1.29 is 9.13 Å². The Bertz CT molecular complexity index is 586. The highest BCUT2D eigenvalue weighted by molar-refractivity contribution is 6.30. The van der Waals surface area contributed by atoms with Gasteiger partial charge in [0.2, 0.25) is 0 Å². The molecule has 0 radical (unpaired) electrons. The van der Waals surface area contributed by atoms with Crippen LogP contribution in [0.3, 0.4) is 0 Å². The number of rotatable bonds is 6. The molecule has 2 rings (SSSR count). The van der Waals surface area contributed by atoms with Gasteiger partial charge < -0.3 is 10.5 Å². The lowest BCUT2D eigenvalue weighted by molar-refractivity contribution is 0.414. The standard InChI is InChI=1S/C17H19ClFNO/c1-21-15-7-3-12(4-8-15)2-6-14(20)10-13-5-9-16(18)17(19)11-13/h3-5,7-9,11,14H,2,6,10,20H2,1H3. The summed E-state index contributed by atoms with van der Waals surface area (Å²) in [4.78, 5) is 0. The molecule has 0 aliphatic carbocycles. The smallest absolute Gasteiger partial charge is 0.142 e. The quantitative estimate of drug-likeness (QED) is 0.876. The average Bonchev–Trinajstić information content (AvgIpc) is 2.49. The third-order valence-corrected chi connectivity index (χ3v) is 3.75. The Morgan fingerprint density at radius 2 is 1.81 bits per heavy atom. The summed E-state index contributed by atoms with van der Waals surface area (Å²) < 4.78 is 18.5. The van der Waals surface area contributed by atoms with Gasteiger partial charge in [-0.1, -0.05) is 29.8 Å². The molecule has 2 aromatic rings. The summed E-state index contributed by atoms with van der Waals surface area (Å²) in [5, 5.41) is 0.144. The summed E-state index contributed by atoms with van der Waals surface area (Å²) in [6, 6.07) is 12.8. The molecule has 0 saturated heterocycles. The Balaban J connectivity index is 1.86. The molecule has 0 bridgehead atoms. The van der Waals surface area contributed by atoms with Gasteiger partial charge in [-0.05, 0) is 54.7 Å². The molecule has 2 nitrogen and oxygen atoms in total. The van der Waals surface area contributed by atoms with Gasteiger partial charge in [0, 0.05) is 6.04 Å². The predicted molar refractivity (Wildman–Crippen MR) is 84.4 cm³/mol. The molecular formula is C17H19ClFNO. The van der Waals surface area contributed by atoms with Crippen molar-refractivity contribution in [3.8, 4) is 5.75 Å². The average molecular weight is 308 g/mol. The lowest BCUT2D eigenvalue weighted by Gasteiger charge is -2.12. The summed E-state index contributed by atoms with van der Waals surface area (Å²) in [5.41, 5.74) is 8.21. The second kappa shape index (κ2) is 7.43. The van der Waals surface area contributed by atoms with Crippen molar-refractivity contribution in [2.75, 3.05) is 7.11 Å². The Morgan fingerprint density at radius 1 is 1.14 bits per heavy atom. The number of halogens is 2. The fraction of sp³-hybridized carbons (Fsp3) is 0.294. The Hall–Kier alpha value is -1.58. The summed E-state index contributed by atoms with van der Waals surface area (Å²) in [7, 11) is 1.65. The van der Waals surface area contributed by atoms with Crippen molar-refractivity contribution in [2.24, 2.45) is 5.73 Å². The molecule has 1 unspecified atom stereocenters. The van der Waals surface area contributed by atoms with Crippen LogP contribution in [-0.4, -0.2) is 13.2 Å². The van der Waals surface area contributed by atoms with Crippen LogP contribution in [0.2, 0.25) is 5.02 Å². The molecule has 0 spiro atoms. The van der Waals surface area contributed by atoms with Crippen molar-refractivity contribution in [1.29, 1.82) is 0 Å². The Labute approximate surface area is 129 Å². The first-order valence-corrected chi connectivity index (χ1v) is 7.28. The van der Waals surface area contributed by atoms with E-state index in [2.05, 4.69) is 0 Å². The van der Waals surface area contributed by atoms with Crippen LogP contribution in [0.5, 0.6) is 5.75 Å². The van der Waals surface area contributed by atoms with E-state index < -0.39 is 5.82 Å². The topological polar surface area (TPSA) is 35.2 Å². The highest BCUT2D eigenvalue weighted by Gasteiger charge is 2.07. The van der Waals surface area contributed by atoms with Gasteiger partial charge in [0.1, 0.15) is 11.6 Å². The zero-order valence-electron chi connectivity index (χ0n) is 12.0. The van der Waals surface area contributed by atoms with Crippen LogP contribution in [0.4, 0.5) is 4.39 Å². The molecule has 0 heterocycles. The number of methoxy groups -OCH3 is 1. The molecule has 0 aliphatic heterocycles. The van der Waals surface area contributed by atoms with E-state index in [4.69, 9.17) is 22.1 Å². The fourth-order valence-corrected chi connectivity index (χ4v) is 2.33. The molecule has 4 heteroatoms. The number of aryl methyl sites for hydroxylation is 1. The molecule has 0 fully saturated rings. The first kappa shape index (κ1) is 15.8. The first-order valence-electron chi connectivity index (χ1n) is 6.91. The lowest BCUT2D eigenvalue weighted by atomic mass is 10.00. The van der Waals surface area contributed by atoms with E-state index in [9.17, 15) is 4.39 Å². The maximum Gasteiger partial charge on any atom is 0.142 e. The minimum Gasteiger partial charge on any atom is -0.497 e. The van der Waals surface area contributed by atoms with E-state index >= 15 is 0 Å². The van der Waals surface area contributed by atoms with Gasteiger partial charge in [0.15, 0.2) is 0 Å². The SMILES string of the molecule is COc1ccc(CCC(N)Cc2ccc(Cl)c(F)c2)cc1. The van der Waals surface area contributed by atoms with E-state index in [0.717, 1.165) is 24.2 Å². The van der Waals surface area contributed by atoms with Gasteiger partial charge in [-0.25, -0.2) is 4.39 Å². The summed E-state index contributed by atoms with van der Waals surface area (Å²) >= 11 is 5.67. The number of ether oxygens (including phenoxy) is 1. The van der Waals surface area contributed by atoms with Crippen LogP contribution in [0, 0.1) is 5.82 Å². The minimum absolute atomic E-state index is 0.00678.